The summed E-state index contributed by atoms with van der Waals surface area (Å²) in [5.41, 5.74) is 0.587. The molecule has 2 rings (SSSR count). The van der Waals surface area contributed by atoms with Crippen molar-refractivity contribution in [2.45, 2.75) is 6.10 Å². The fourth-order valence-electron chi connectivity index (χ4n) is 1.61. The van der Waals surface area contributed by atoms with Crippen LogP contribution in [0, 0.1) is 11.6 Å². The van der Waals surface area contributed by atoms with Gasteiger partial charge < -0.3 is 15.7 Å². The molecule has 1 aromatic carbocycles. The van der Waals surface area contributed by atoms with Gasteiger partial charge in [0, 0.05) is 18.3 Å². The maximum atomic E-state index is 13.0. The summed E-state index contributed by atoms with van der Waals surface area (Å²) in [5.74, 6) is -4.21. The van der Waals surface area contributed by atoms with Crippen LogP contribution in [-0.4, -0.2) is 23.5 Å². The average molecular weight is 326 g/mol. The number of nitrogens with one attached hydrogen (secondary N) is 2. The lowest BCUT2D eigenvalue weighted by atomic mass is 10.2. The highest BCUT2D eigenvalue weighted by molar-refractivity contribution is 7.07. The Kier molecular flexibility index (Phi) is 5.18. The predicted molar refractivity (Wildman–Crippen MR) is 77.3 cm³/mol. The second-order valence-electron chi connectivity index (χ2n) is 4.37. The van der Waals surface area contributed by atoms with E-state index in [1.807, 2.05) is 0 Å². The van der Waals surface area contributed by atoms with Crippen LogP contribution in [0.1, 0.15) is 11.7 Å². The van der Waals surface area contributed by atoms with Gasteiger partial charge in [0.05, 0.1) is 6.10 Å². The monoisotopic (exact) mass is 326 g/mol. The average Bonchev–Trinajstić information content (AvgIpc) is 3.02. The molecule has 0 aliphatic rings. The van der Waals surface area contributed by atoms with Crippen LogP contribution >= 0.6 is 11.3 Å². The number of hydrogen-bond acceptors (Lipinski definition) is 4. The molecule has 0 fully saturated rings. The van der Waals surface area contributed by atoms with Crippen LogP contribution in [0.25, 0.3) is 0 Å². The molecule has 22 heavy (non-hydrogen) atoms. The summed E-state index contributed by atoms with van der Waals surface area (Å²) in [5, 5.41) is 17.6. The molecule has 1 heterocycles. The van der Waals surface area contributed by atoms with Crippen LogP contribution in [0.3, 0.4) is 0 Å². The van der Waals surface area contributed by atoms with Gasteiger partial charge in [0.1, 0.15) is 0 Å². The van der Waals surface area contributed by atoms with Crippen LogP contribution in [0.15, 0.2) is 35.0 Å². The molecule has 116 valence electrons. The lowest BCUT2D eigenvalue weighted by Crippen LogP contribution is -2.37. The van der Waals surface area contributed by atoms with Gasteiger partial charge >= 0.3 is 11.8 Å². The zero-order chi connectivity index (χ0) is 16.1. The van der Waals surface area contributed by atoms with E-state index in [9.17, 15) is 23.5 Å². The number of halogens is 2. The first-order valence-corrected chi connectivity index (χ1v) is 7.16. The fraction of sp³-hybridized carbons (Fsp3) is 0.143. The summed E-state index contributed by atoms with van der Waals surface area (Å²) in [6.45, 7) is -0.138. The summed E-state index contributed by atoms with van der Waals surface area (Å²) in [4.78, 5) is 23.2. The molecule has 0 aliphatic heterocycles. The Bertz CT molecular complexity index is 677. The van der Waals surface area contributed by atoms with Gasteiger partial charge in [-0.25, -0.2) is 8.78 Å². The number of carbonyl (C=O) groups excluding carboxylic acids is 2. The van der Waals surface area contributed by atoms with Crippen LogP contribution in [0.4, 0.5) is 14.5 Å². The third-order valence-corrected chi connectivity index (χ3v) is 3.47. The third-order valence-electron chi connectivity index (χ3n) is 2.77. The van der Waals surface area contributed by atoms with E-state index < -0.39 is 29.6 Å². The van der Waals surface area contributed by atoms with E-state index in [4.69, 9.17) is 0 Å². The number of hydrogen-bond donors (Lipinski definition) is 3. The first-order valence-electron chi connectivity index (χ1n) is 6.22. The number of rotatable bonds is 4. The Hall–Kier alpha value is -2.32. The highest BCUT2D eigenvalue weighted by Gasteiger charge is 2.16. The molecule has 2 aromatic rings. The molecule has 2 amide bonds. The normalized spacial score (nSPS) is 11.8. The van der Waals surface area contributed by atoms with E-state index in [0.717, 1.165) is 18.2 Å². The molecule has 0 aliphatic carbocycles. The molecule has 0 bridgehead atoms. The first kappa shape index (κ1) is 16.1. The molecule has 0 radical (unpaired) electrons. The van der Waals surface area contributed by atoms with Gasteiger partial charge in [-0.05, 0) is 34.5 Å². The van der Waals surface area contributed by atoms with Gasteiger partial charge in [-0.2, -0.15) is 11.3 Å². The quantitative estimate of drug-likeness (QED) is 0.750. The Labute approximate surface area is 128 Å². The fourth-order valence-corrected chi connectivity index (χ4v) is 2.32. The van der Waals surface area contributed by atoms with Gasteiger partial charge in [-0.15, -0.1) is 0 Å². The topological polar surface area (TPSA) is 78.4 Å². The summed E-state index contributed by atoms with van der Waals surface area (Å²) < 4.78 is 25.7. The maximum Gasteiger partial charge on any atom is 0.313 e. The first-order chi connectivity index (χ1) is 10.5. The van der Waals surface area contributed by atoms with Crippen LogP contribution in [0.5, 0.6) is 0 Å². The number of benzene rings is 1. The molecule has 1 aromatic heterocycles. The van der Waals surface area contributed by atoms with Gasteiger partial charge in [-0.1, -0.05) is 0 Å². The van der Waals surface area contributed by atoms with Crippen molar-refractivity contribution >= 4 is 28.8 Å². The standard InChI is InChI=1S/C14H12F2N2O3S/c15-10-2-1-9(5-11(10)16)18-14(21)13(20)17-6-12(19)8-3-4-22-7-8/h1-5,7,12,19H,6H2,(H,17,20)(H,18,21). The number of thiophene rings is 1. The Morgan fingerprint density at radius 3 is 2.59 bits per heavy atom. The molecule has 1 atom stereocenters. The van der Waals surface area contributed by atoms with E-state index in [1.54, 1.807) is 16.8 Å². The molecular formula is C14H12F2N2O3S. The van der Waals surface area contributed by atoms with Gasteiger partial charge in [-0.3, -0.25) is 9.59 Å². The van der Waals surface area contributed by atoms with Crippen molar-refractivity contribution in [2.24, 2.45) is 0 Å². The van der Waals surface area contributed by atoms with Crippen molar-refractivity contribution in [1.29, 1.82) is 0 Å². The van der Waals surface area contributed by atoms with Crippen molar-refractivity contribution < 1.29 is 23.5 Å². The van der Waals surface area contributed by atoms with E-state index >= 15 is 0 Å². The minimum absolute atomic E-state index is 0.0440. The second kappa shape index (κ2) is 7.10. The minimum Gasteiger partial charge on any atom is -0.387 e. The zero-order valence-corrected chi connectivity index (χ0v) is 12.0. The van der Waals surface area contributed by atoms with Crippen molar-refractivity contribution in [3.05, 3.63) is 52.2 Å². The summed E-state index contributed by atoms with van der Waals surface area (Å²) in [7, 11) is 0. The molecule has 0 saturated heterocycles. The number of amides is 2. The van der Waals surface area contributed by atoms with Crippen molar-refractivity contribution in [3.63, 3.8) is 0 Å². The highest BCUT2D eigenvalue weighted by Crippen LogP contribution is 2.15. The molecule has 5 nitrogen and oxygen atoms in total. The van der Waals surface area contributed by atoms with Crippen LogP contribution < -0.4 is 10.6 Å². The molecule has 0 spiro atoms. The van der Waals surface area contributed by atoms with Gasteiger partial charge in [0.25, 0.3) is 0 Å². The Morgan fingerprint density at radius 1 is 1.18 bits per heavy atom. The molecular weight excluding hydrogens is 314 g/mol. The van der Waals surface area contributed by atoms with Crippen molar-refractivity contribution in [3.8, 4) is 0 Å². The van der Waals surface area contributed by atoms with E-state index in [-0.39, 0.29) is 12.2 Å². The number of aliphatic hydroxyl groups is 1. The number of carbonyl (C=O) groups is 2. The van der Waals surface area contributed by atoms with Crippen molar-refractivity contribution in [2.75, 3.05) is 11.9 Å². The largest absolute Gasteiger partial charge is 0.387 e. The molecule has 1 unspecified atom stereocenters. The summed E-state index contributed by atoms with van der Waals surface area (Å²) in [6.07, 6.45) is -0.925. The lowest BCUT2D eigenvalue weighted by Gasteiger charge is -2.10. The number of aliphatic hydroxyl groups excluding tert-OH is 1. The molecule has 0 saturated carbocycles. The Morgan fingerprint density at radius 2 is 1.95 bits per heavy atom. The van der Waals surface area contributed by atoms with Gasteiger partial charge in [0.2, 0.25) is 0 Å². The SMILES string of the molecule is O=C(NCC(O)c1ccsc1)C(=O)Nc1ccc(F)c(F)c1. The number of anilines is 1. The lowest BCUT2D eigenvalue weighted by molar-refractivity contribution is -0.136. The van der Waals surface area contributed by atoms with Crippen LogP contribution in [0.2, 0.25) is 0 Å². The van der Waals surface area contributed by atoms with E-state index in [0.29, 0.717) is 5.56 Å². The second-order valence-corrected chi connectivity index (χ2v) is 5.15. The third kappa shape index (κ3) is 4.09. The van der Waals surface area contributed by atoms with Crippen molar-refractivity contribution in [1.82, 2.24) is 5.32 Å². The highest BCUT2D eigenvalue weighted by atomic mass is 32.1. The van der Waals surface area contributed by atoms with E-state index in [1.165, 1.54) is 11.3 Å². The maximum absolute atomic E-state index is 13.0. The van der Waals surface area contributed by atoms with E-state index in [2.05, 4.69) is 10.6 Å². The van der Waals surface area contributed by atoms with Crippen LogP contribution in [-0.2, 0) is 9.59 Å². The Balaban J connectivity index is 1.86. The summed E-state index contributed by atoms with van der Waals surface area (Å²) in [6, 6.07) is 4.43. The predicted octanol–water partition coefficient (Wildman–Crippen LogP) is 1.81. The summed E-state index contributed by atoms with van der Waals surface area (Å²) >= 11 is 1.39. The molecule has 8 heteroatoms. The minimum atomic E-state index is -1.13. The molecule has 3 N–H and O–H groups in total. The zero-order valence-electron chi connectivity index (χ0n) is 11.2. The smallest absolute Gasteiger partial charge is 0.313 e. The van der Waals surface area contributed by atoms with Gasteiger partial charge in [0.15, 0.2) is 11.6 Å².